The van der Waals surface area contributed by atoms with E-state index in [0.717, 1.165) is 32.3 Å². The Hall–Kier alpha value is -0.450. The molecule has 0 amide bonds. The zero-order valence-corrected chi connectivity index (χ0v) is 11.3. The fraction of sp³-hybridized carbons (Fsp3) is 0.929. The third-order valence-corrected chi connectivity index (χ3v) is 4.15. The summed E-state index contributed by atoms with van der Waals surface area (Å²) in [7, 11) is 1.64. The minimum absolute atomic E-state index is 0.242. The summed E-state index contributed by atoms with van der Waals surface area (Å²) in [5.41, 5.74) is -0.575. The monoisotopic (exact) mass is 256 g/mol. The summed E-state index contributed by atoms with van der Waals surface area (Å²) >= 11 is 0. The number of carbonyl (C=O) groups is 1. The summed E-state index contributed by atoms with van der Waals surface area (Å²) in [6.07, 6.45) is 6.61. The molecule has 2 saturated heterocycles. The number of ketones is 1. The summed E-state index contributed by atoms with van der Waals surface area (Å²) in [5.74, 6) is 0.242. The molecule has 2 aliphatic heterocycles. The lowest BCUT2D eigenvalue weighted by molar-refractivity contribution is -0.152. The molecule has 0 aliphatic carbocycles. The Morgan fingerprint density at radius 3 is 2.72 bits per heavy atom. The van der Waals surface area contributed by atoms with Crippen LogP contribution in [0.25, 0.3) is 0 Å². The Morgan fingerprint density at radius 1 is 1.33 bits per heavy atom. The average Bonchev–Trinajstić information content (AvgIpc) is 2.92. The predicted molar refractivity (Wildman–Crippen MR) is 67.6 cm³/mol. The van der Waals surface area contributed by atoms with Gasteiger partial charge in [0.05, 0.1) is 6.10 Å². The van der Waals surface area contributed by atoms with Gasteiger partial charge in [-0.2, -0.15) is 0 Å². The highest BCUT2D eigenvalue weighted by atomic mass is 16.5. The highest BCUT2D eigenvalue weighted by Crippen LogP contribution is 2.28. The largest absolute Gasteiger partial charge is 0.381 e. The smallest absolute Gasteiger partial charge is 0.164 e. The number of methoxy groups -OCH3 is 1. The number of carbonyl (C=O) groups excluding carboxylic acids is 1. The number of rotatable bonds is 6. The van der Waals surface area contributed by atoms with E-state index < -0.39 is 5.60 Å². The van der Waals surface area contributed by atoms with Crippen molar-refractivity contribution in [3.63, 3.8) is 0 Å². The number of ether oxygens (including phenoxy) is 3. The molecule has 0 aromatic carbocycles. The van der Waals surface area contributed by atoms with Crippen LogP contribution in [0.2, 0.25) is 0 Å². The molecule has 0 radical (unpaired) electrons. The van der Waals surface area contributed by atoms with E-state index >= 15 is 0 Å². The van der Waals surface area contributed by atoms with Crippen molar-refractivity contribution < 1.29 is 19.0 Å². The molecule has 2 aliphatic rings. The lowest BCUT2D eigenvalue weighted by Crippen LogP contribution is -2.45. The summed E-state index contributed by atoms with van der Waals surface area (Å²) < 4.78 is 16.4. The van der Waals surface area contributed by atoms with Gasteiger partial charge in [-0.15, -0.1) is 0 Å². The predicted octanol–water partition coefficient (Wildman–Crippen LogP) is 2.10. The summed E-state index contributed by atoms with van der Waals surface area (Å²) in [5, 5.41) is 0. The van der Waals surface area contributed by atoms with Gasteiger partial charge in [0.1, 0.15) is 5.60 Å². The second kappa shape index (κ2) is 6.64. The lowest BCUT2D eigenvalue weighted by Gasteiger charge is -2.34. The second-order valence-electron chi connectivity index (χ2n) is 5.26. The topological polar surface area (TPSA) is 44.8 Å². The summed E-state index contributed by atoms with van der Waals surface area (Å²) in [6.45, 7) is 2.15. The van der Waals surface area contributed by atoms with Crippen LogP contribution in [0, 0.1) is 0 Å². The van der Waals surface area contributed by atoms with Crippen LogP contribution in [-0.4, -0.2) is 44.4 Å². The van der Waals surface area contributed by atoms with E-state index in [2.05, 4.69) is 0 Å². The van der Waals surface area contributed by atoms with Crippen LogP contribution < -0.4 is 0 Å². The van der Waals surface area contributed by atoms with Gasteiger partial charge in [0.25, 0.3) is 0 Å². The molecule has 1 atom stereocenters. The molecule has 4 heteroatoms. The van der Waals surface area contributed by atoms with Crippen molar-refractivity contribution in [3.8, 4) is 0 Å². The molecule has 104 valence electrons. The van der Waals surface area contributed by atoms with Crippen LogP contribution in [0.1, 0.15) is 44.9 Å². The van der Waals surface area contributed by atoms with Gasteiger partial charge in [-0.1, -0.05) is 0 Å². The lowest BCUT2D eigenvalue weighted by atomic mass is 9.86. The minimum Gasteiger partial charge on any atom is -0.381 e. The number of hydrogen-bond acceptors (Lipinski definition) is 4. The van der Waals surface area contributed by atoms with Crippen molar-refractivity contribution in [2.75, 3.05) is 26.9 Å². The van der Waals surface area contributed by atoms with Gasteiger partial charge in [0, 0.05) is 46.2 Å². The van der Waals surface area contributed by atoms with Crippen molar-refractivity contribution in [2.24, 2.45) is 0 Å². The quantitative estimate of drug-likeness (QED) is 0.730. The van der Waals surface area contributed by atoms with E-state index in [1.165, 1.54) is 0 Å². The fourth-order valence-corrected chi connectivity index (χ4v) is 2.89. The molecule has 18 heavy (non-hydrogen) atoms. The summed E-state index contributed by atoms with van der Waals surface area (Å²) in [4.78, 5) is 12.3. The second-order valence-corrected chi connectivity index (χ2v) is 5.26. The maximum Gasteiger partial charge on any atom is 0.164 e. The van der Waals surface area contributed by atoms with Gasteiger partial charge in [0.2, 0.25) is 0 Å². The van der Waals surface area contributed by atoms with Crippen LogP contribution in [0.5, 0.6) is 0 Å². The molecule has 0 N–H and O–H groups in total. The zero-order chi connectivity index (χ0) is 12.8. The van der Waals surface area contributed by atoms with Gasteiger partial charge in [-0.05, 0) is 25.7 Å². The molecule has 1 unspecified atom stereocenters. The number of Topliss-reactive ketones (excluding diaryl/α,β-unsaturated/α-hetero) is 1. The summed E-state index contributed by atoms with van der Waals surface area (Å²) in [6, 6.07) is 0. The molecular formula is C14H24O4. The van der Waals surface area contributed by atoms with Gasteiger partial charge in [-0.3, -0.25) is 4.79 Å². The van der Waals surface area contributed by atoms with Gasteiger partial charge in [-0.25, -0.2) is 0 Å². The van der Waals surface area contributed by atoms with E-state index in [4.69, 9.17) is 14.2 Å². The van der Waals surface area contributed by atoms with Gasteiger partial charge in [0.15, 0.2) is 5.78 Å². The van der Waals surface area contributed by atoms with Crippen LogP contribution in [0.15, 0.2) is 0 Å². The first-order valence-electron chi connectivity index (χ1n) is 7.05. The van der Waals surface area contributed by atoms with E-state index in [-0.39, 0.29) is 5.78 Å². The Bertz CT molecular complexity index is 265. The molecule has 0 aromatic rings. The molecule has 2 fully saturated rings. The normalized spacial score (nSPS) is 27.3. The molecular weight excluding hydrogens is 232 g/mol. The fourth-order valence-electron chi connectivity index (χ4n) is 2.89. The van der Waals surface area contributed by atoms with Crippen LogP contribution in [0.3, 0.4) is 0 Å². The van der Waals surface area contributed by atoms with Crippen molar-refractivity contribution in [3.05, 3.63) is 0 Å². The highest BCUT2D eigenvalue weighted by Gasteiger charge is 2.39. The molecule has 2 heterocycles. The molecule has 0 saturated carbocycles. The van der Waals surface area contributed by atoms with Gasteiger partial charge >= 0.3 is 0 Å². The van der Waals surface area contributed by atoms with Crippen molar-refractivity contribution in [2.45, 2.75) is 56.7 Å². The molecule has 0 aromatic heterocycles. The SMILES string of the molecule is COC1(C(=O)CCCC2CCCO2)CCOCC1. The third-order valence-electron chi connectivity index (χ3n) is 4.15. The standard InChI is InChI=1S/C14H24O4/c1-16-14(7-10-17-11-8-14)13(15)6-2-4-12-5-3-9-18-12/h12H,2-11H2,1H3. The average molecular weight is 256 g/mol. The van der Waals surface area contributed by atoms with E-state index in [0.29, 0.717) is 38.6 Å². The Balaban J connectivity index is 1.74. The highest BCUT2D eigenvalue weighted by molar-refractivity contribution is 5.87. The van der Waals surface area contributed by atoms with Crippen LogP contribution in [-0.2, 0) is 19.0 Å². The first-order chi connectivity index (χ1) is 8.77. The molecule has 2 rings (SSSR count). The van der Waals surface area contributed by atoms with E-state index in [9.17, 15) is 4.79 Å². The first kappa shape index (κ1) is 14.0. The number of hydrogen-bond donors (Lipinski definition) is 0. The first-order valence-corrected chi connectivity index (χ1v) is 7.05. The minimum atomic E-state index is -0.575. The third kappa shape index (κ3) is 3.31. The maximum atomic E-state index is 12.3. The molecule has 0 bridgehead atoms. The van der Waals surface area contributed by atoms with Crippen molar-refractivity contribution in [1.82, 2.24) is 0 Å². The van der Waals surface area contributed by atoms with Crippen LogP contribution >= 0.6 is 0 Å². The van der Waals surface area contributed by atoms with Gasteiger partial charge < -0.3 is 14.2 Å². The zero-order valence-electron chi connectivity index (χ0n) is 11.3. The van der Waals surface area contributed by atoms with E-state index in [1.807, 2.05) is 0 Å². The Kier molecular flexibility index (Phi) is 5.15. The van der Waals surface area contributed by atoms with Crippen LogP contribution in [0.4, 0.5) is 0 Å². The molecule has 0 spiro atoms. The Labute approximate surface area is 109 Å². The molecule has 4 nitrogen and oxygen atoms in total. The Morgan fingerprint density at radius 2 is 2.11 bits per heavy atom. The maximum absolute atomic E-state index is 12.3. The van der Waals surface area contributed by atoms with Crippen molar-refractivity contribution >= 4 is 5.78 Å². The van der Waals surface area contributed by atoms with E-state index in [1.54, 1.807) is 7.11 Å². The van der Waals surface area contributed by atoms with Crippen molar-refractivity contribution in [1.29, 1.82) is 0 Å².